The first-order valence-corrected chi connectivity index (χ1v) is 9.28. The number of rotatable bonds is 8. The fourth-order valence-electron chi connectivity index (χ4n) is 2.27. The van der Waals surface area contributed by atoms with Crippen molar-refractivity contribution in [2.24, 2.45) is 0 Å². The maximum absolute atomic E-state index is 8.93. The van der Waals surface area contributed by atoms with Gasteiger partial charge in [-0.1, -0.05) is 31.9 Å². The van der Waals surface area contributed by atoms with E-state index >= 15 is 0 Å². The Hall–Kier alpha value is -1.30. The zero-order chi connectivity index (χ0) is 16.4. The van der Waals surface area contributed by atoms with Crippen LogP contribution in [0, 0.1) is 22.7 Å². The van der Waals surface area contributed by atoms with E-state index in [1.54, 1.807) is 13.2 Å². The molecule has 0 amide bonds. The second-order valence-electron chi connectivity index (χ2n) is 4.74. The first-order valence-electron chi connectivity index (χ1n) is 7.03. The van der Waals surface area contributed by atoms with Crippen molar-refractivity contribution in [1.29, 1.82) is 10.5 Å². The lowest BCUT2D eigenvalue weighted by atomic mass is 9.97. The smallest absolute Gasteiger partial charge is 0.130 e. The lowest BCUT2D eigenvalue weighted by Gasteiger charge is -2.15. The molecule has 0 spiro atoms. The van der Waals surface area contributed by atoms with Gasteiger partial charge < -0.3 is 4.74 Å². The molecule has 0 aliphatic rings. The van der Waals surface area contributed by atoms with Crippen molar-refractivity contribution < 1.29 is 4.74 Å². The van der Waals surface area contributed by atoms with Gasteiger partial charge in [0.2, 0.25) is 0 Å². The molecular weight excluding hydrogens is 408 g/mol. The van der Waals surface area contributed by atoms with Crippen LogP contribution in [0.4, 0.5) is 0 Å². The van der Waals surface area contributed by atoms with Gasteiger partial charge in [0.1, 0.15) is 23.5 Å². The van der Waals surface area contributed by atoms with E-state index < -0.39 is 0 Å². The molecule has 0 saturated carbocycles. The van der Waals surface area contributed by atoms with E-state index in [9.17, 15) is 0 Å². The highest BCUT2D eigenvalue weighted by Gasteiger charge is 2.11. The second-order valence-corrected chi connectivity index (χ2v) is 6.33. The topological polar surface area (TPSA) is 56.8 Å². The lowest BCUT2D eigenvalue weighted by molar-refractivity contribution is 0.404. The summed E-state index contributed by atoms with van der Waals surface area (Å²) in [5, 5.41) is 19.7. The summed E-state index contributed by atoms with van der Waals surface area (Å²) in [5.74, 6) is 0.925. The van der Waals surface area contributed by atoms with Gasteiger partial charge in [-0.3, -0.25) is 0 Å². The fraction of sp³-hybridized carbons (Fsp3) is 0.412. The highest BCUT2D eigenvalue weighted by molar-refractivity contribution is 9.09. The Morgan fingerprint density at radius 1 is 1.09 bits per heavy atom. The van der Waals surface area contributed by atoms with Crippen molar-refractivity contribution in [2.75, 3.05) is 17.8 Å². The highest BCUT2D eigenvalue weighted by Crippen LogP contribution is 2.29. The molecule has 0 unspecified atom stereocenters. The largest absolute Gasteiger partial charge is 0.496 e. The summed E-state index contributed by atoms with van der Waals surface area (Å²) in [6.45, 7) is 0. The Labute approximate surface area is 148 Å². The van der Waals surface area contributed by atoms with Gasteiger partial charge in [0.05, 0.1) is 7.11 Å². The average molecular weight is 426 g/mol. The van der Waals surface area contributed by atoms with Crippen LogP contribution < -0.4 is 4.74 Å². The Morgan fingerprint density at radius 3 is 1.95 bits per heavy atom. The summed E-state index contributed by atoms with van der Waals surface area (Å²) < 4.78 is 5.60. The molecule has 0 aromatic heterocycles. The lowest BCUT2D eigenvalue weighted by Crippen LogP contribution is -2.00. The number of halogens is 2. The number of hydrogen-bond acceptors (Lipinski definition) is 3. The zero-order valence-electron chi connectivity index (χ0n) is 12.5. The predicted octanol–water partition coefficient (Wildman–Crippen LogP) is 4.78. The van der Waals surface area contributed by atoms with E-state index in [4.69, 9.17) is 15.3 Å². The molecule has 1 aromatic rings. The third-order valence-electron chi connectivity index (χ3n) is 3.18. The number of alkyl halides is 2. The number of nitriles is 2. The molecule has 0 aliphatic heterocycles. The maximum Gasteiger partial charge on any atom is 0.130 e. The summed E-state index contributed by atoms with van der Waals surface area (Å²) in [5.41, 5.74) is 3.24. The Morgan fingerprint density at radius 2 is 1.59 bits per heavy atom. The number of hydrogen-bond donors (Lipinski definition) is 0. The van der Waals surface area contributed by atoms with Crippen molar-refractivity contribution in [3.8, 4) is 17.9 Å². The number of nitrogens with zero attached hydrogens (tertiary/aromatic N) is 2. The minimum absolute atomic E-state index is 0.114. The summed E-state index contributed by atoms with van der Waals surface area (Å²) in [6.07, 6.45) is 5.43. The Balaban J connectivity index is 3.31. The van der Waals surface area contributed by atoms with E-state index in [-0.39, 0.29) is 5.57 Å². The minimum atomic E-state index is 0.114. The first kappa shape index (κ1) is 18.7. The van der Waals surface area contributed by atoms with Gasteiger partial charge in [0.25, 0.3) is 0 Å². The van der Waals surface area contributed by atoms with Gasteiger partial charge in [-0.2, -0.15) is 10.5 Å². The Kier molecular flexibility index (Phi) is 8.89. The molecule has 0 atom stereocenters. The summed E-state index contributed by atoms with van der Waals surface area (Å²) >= 11 is 6.90. The second kappa shape index (κ2) is 10.4. The number of methoxy groups -OCH3 is 1. The molecule has 0 bridgehead atoms. The van der Waals surface area contributed by atoms with Crippen molar-refractivity contribution >= 4 is 37.9 Å². The third kappa shape index (κ3) is 5.48. The number of ether oxygens (including phenoxy) is 1. The van der Waals surface area contributed by atoms with E-state index in [0.29, 0.717) is 0 Å². The molecule has 116 valence electrons. The van der Waals surface area contributed by atoms with Crippen LogP contribution in [0.25, 0.3) is 6.08 Å². The molecule has 0 heterocycles. The monoisotopic (exact) mass is 424 g/mol. The van der Waals surface area contributed by atoms with Crippen molar-refractivity contribution in [3.05, 3.63) is 34.4 Å². The molecule has 1 aromatic carbocycles. The summed E-state index contributed by atoms with van der Waals surface area (Å²) in [7, 11) is 1.69. The van der Waals surface area contributed by atoms with Crippen molar-refractivity contribution in [1.82, 2.24) is 0 Å². The van der Waals surface area contributed by atoms with Gasteiger partial charge in [0.15, 0.2) is 0 Å². The molecule has 5 heteroatoms. The molecule has 22 heavy (non-hydrogen) atoms. The third-order valence-corrected chi connectivity index (χ3v) is 4.30. The van der Waals surface area contributed by atoms with Crippen LogP contribution in [-0.2, 0) is 12.8 Å². The first-order chi connectivity index (χ1) is 10.7. The van der Waals surface area contributed by atoms with E-state index in [1.165, 1.54) is 0 Å². The summed E-state index contributed by atoms with van der Waals surface area (Å²) in [6, 6.07) is 7.83. The number of allylic oxidation sites excluding steroid dienone is 1. The van der Waals surface area contributed by atoms with Crippen LogP contribution in [0.3, 0.4) is 0 Å². The van der Waals surface area contributed by atoms with Crippen molar-refractivity contribution in [2.45, 2.75) is 25.7 Å². The maximum atomic E-state index is 8.93. The standard InChI is InChI=1S/C17H18Br2N2O/c1-22-17-15(4-2-6-18)9-13(8-14(11-20)12-21)10-16(17)5-3-7-19/h8-10H,2-7H2,1H3. The predicted molar refractivity (Wildman–Crippen MR) is 96.4 cm³/mol. The molecular formula is C17H18Br2N2O. The van der Waals surface area contributed by atoms with Gasteiger partial charge in [0, 0.05) is 10.7 Å². The summed E-state index contributed by atoms with van der Waals surface area (Å²) in [4.78, 5) is 0. The van der Waals surface area contributed by atoms with Crippen LogP contribution in [-0.4, -0.2) is 17.8 Å². The molecule has 0 fully saturated rings. The van der Waals surface area contributed by atoms with Gasteiger partial charge in [-0.25, -0.2) is 0 Å². The highest BCUT2D eigenvalue weighted by atomic mass is 79.9. The minimum Gasteiger partial charge on any atom is -0.496 e. The van der Waals surface area contributed by atoms with Gasteiger partial charge in [-0.05, 0) is 60.6 Å². The molecule has 1 rings (SSSR count). The van der Waals surface area contributed by atoms with Gasteiger partial charge in [-0.15, -0.1) is 0 Å². The quantitative estimate of drug-likeness (QED) is 0.444. The van der Waals surface area contributed by atoms with Crippen LogP contribution in [0.2, 0.25) is 0 Å². The SMILES string of the molecule is COc1c(CCCBr)cc(C=C(C#N)C#N)cc1CCCBr. The molecule has 0 saturated heterocycles. The van der Waals surface area contributed by atoms with Crippen LogP contribution in [0.15, 0.2) is 17.7 Å². The average Bonchev–Trinajstić information content (AvgIpc) is 2.55. The fourth-order valence-corrected chi connectivity index (χ4v) is 2.83. The molecule has 3 nitrogen and oxygen atoms in total. The van der Waals surface area contributed by atoms with E-state index in [1.807, 2.05) is 24.3 Å². The molecule has 0 aliphatic carbocycles. The van der Waals surface area contributed by atoms with Crippen LogP contribution in [0.1, 0.15) is 29.5 Å². The van der Waals surface area contributed by atoms with E-state index in [2.05, 4.69) is 31.9 Å². The normalized spacial score (nSPS) is 9.68. The molecule has 0 radical (unpaired) electrons. The van der Waals surface area contributed by atoms with Crippen LogP contribution in [0.5, 0.6) is 5.75 Å². The van der Waals surface area contributed by atoms with Gasteiger partial charge >= 0.3 is 0 Å². The molecule has 0 N–H and O–H groups in total. The number of benzene rings is 1. The number of aryl methyl sites for hydroxylation is 2. The Bertz CT molecular complexity index is 567. The van der Waals surface area contributed by atoms with E-state index in [0.717, 1.165) is 58.8 Å². The van der Waals surface area contributed by atoms with Crippen LogP contribution >= 0.6 is 31.9 Å². The van der Waals surface area contributed by atoms with Crippen molar-refractivity contribution in [3.63, 3.8) is 0 Å². The zero-order valence-corrected chi connectivity index (χ0v) is 15.7.